The molecule has 1 fully saturated rings. The molecule has 116 valence electrons. The van der Waals surface area contributed by atoms with E-state index in [4.69, 9.17) is 18.9 Å². The van der Waals surface area contributed by atoms with Crippen molar-refractivity contribution in [1.29, 1.82) is 0 Å². The second kappa shape index (κ2) is 5.73. The van der Waals surface area contributed by atoms with Gasteiger partial charge < -0.3 is 24.3 Å². The summed E-state index contributed by atoms with van der Waals surface area (Å²) >= 11 is 0. The predicted octanol–water partition coefficient (Wildman–Crippen LogP) is 2.47. The maximum atomic E-state index is 6.10. The van der Waals surface area contributed by atoms with Crippen molar-refractivity contribution in [1.82, 2.24) is 5.32 Å². The van der Waals surface area contributed by atoms with E-state index < -0.39 is 0 Å². The Morgan fingerprint density at radius 1 is 1.24 bits per heavy atom. The number of ether oxygens (including phenoxy) is 4. The number of fused-ring (bicyclic) bond motifs is 1. The van der Waals surface area contributed by atoms with Gasteiger partial charge >= 0.3 is 0 Å². The van der Waals surface area contributed by atoms with Gasteiger partial charge in [0.15, 0.2) is 11.5 Å². The first-order chi connectivity index (χ1) is 10.0. The van der Waals surface area contributed by atoms with Gasteiger partial charge in [0.25, 0.3) is 0 Å². The molecule has 5 heteroatoms. The molecule has 2 heterocycles. The van der Waals surface area contributed by atoms with E-state index >= 15 is 0 Å². The fourth-order valence-corrected chi connectivity index (χ4v) is 2.36. The lowest BCUT2D eigenvalue weighted by Crippen LogP contribution is -2.35. The van der Waals surface area contributed by atoms with Gasteiger partial charge in [0.2, 0.25) is 6.79 Å². The molecule has 1 aromatic carbocycles. The highest BCUT2D eigenvalue weighted by atomic mass is 16.7. The van der Waals surface area contributed by atoms with Crippen LogP contribution in [0.4, 0.5) is 0 Å². The Bertz CT molecular complexity index is 504. The van der Waals surface area contributed by atoms with E-state index in [1.54, 1.807) is 0 Å². The third kappa shape index (κ3) is 3.60. The van der Waals surface area contributed by atoms with E-state index in [2.05, 4.69) is 26.1 Å². The highest BCUT2D eigenvalue weighted by Crippen LogP contribution is 2.39. The Morgan fingerprint density at radius 2 is 2.00 bits per heavy atom. The van der Waals surface area contributed by atoms with Crippen LogP contribution in [-0.4, -0.2) is 31.6 Å². The van der Waals surface area contributed by atoms with Crippen LogP contribution in [0.2, 0.25) is 0 Å². The lowest BCUT2D eigenvalue weighted by Gasteiger charge is -2.22. The van der Waals surface area contributed by atoms with Crippen LogP contribution in [-0.2, 0) is 11.3 Å². The summed E-state index contributed by atoms with van der Waals surface area (Å²) < 4.78 is 22.4. The SMILES string of the molecule is CC(C)(C)NCc1cc2c(cc1OC1CCOC1)OCO2. The van der Waals surface area contributed by atoms with Crippen molar-refractivity contribution in [3.05, 3.63) is 17.7 Å². The van der Waals surface area contributed by atoms with Crippen molar-refractivity contribution in [3.63, 3.8) is 0 Å². The van der Waals surface area contributed by atoms with Crippen LogP contribution in [0, 0.1) is 0 Å². The lowest BCUT2D eigenvalue weighted by atomic mass is 10.1. The largest absolute Gasteiger partial charge is 0.487 e. The molecular weight excluding hydrogens is 270 g/mol. The highest BCUT2D eigenvalue weighted by molar-refractivity contribution is 5.52. The molecule has 0 saturated carbocycles. The summed E-state index contributed by atoms with van der Waals surface area (Å²) in [6, 6.07) is 3.94. The molecule has 1 saturated heterocycles. The first-order valence-corrected chi connectivity index (χ1v) is 7.43. The van der Waals surface area contributed by atoms with Crippen LogP contribution >= 0.6 is 0 Å². The standard InChI is InChI=1S/C16H23NO4/c1-16(2,3)17-8-11-6-14-15(20-10-19-14)7-13(11)21-12-4-5-18-9-12/h6-7,12,17H,4-5,8-10H2,1-3H3. The summed E-state index contributed by atoms with van der Waals surface area (Å²) in [6.07, 6.45) is 1.05. The number of rotatable bonds is 4. The van der Waals surface area contributed by atoms with Gasteiger partial charge in [-0.2, -0.15) is 0 Å². The molecule has 21 heavy (non-hydrogen) atoms. The van der Waals surface area contributed by atoms with Gasteiger partial charge in [0.05, 0.1) is 13.2 Å². The summed E-state index contributed by atoms with van der Waals surface area (Å²) in [5, 5.41) is 3.49. The van der Waals surface area contributed by atoms with Crippen LogP contribution in [0.15, 0.2) is 12.1 Å². The Labute approximate surface area is 125 Å². The smallest absolute Gasteiger partial charge is 0.231 e. The minimum Gasteiger partial charge on any atom is -0.487 e. The molecule has 2 aliphatic heterocycles. The monoisotopic (exact) mass is 293 g/mol. The van der Waals surface area contributed by atoms with Gasteiger partial charge in [-0.05, 0) is 26.8 Å². The zero-order valence-corrected chi connectivity index (χ0v) is 12.9. The molecule has 1 aromatic rings. The fourth-order valence-electron chi connectivity index (χ4n) is 2.36. The van der Waals surface area contributed by atoms with E-state index in [0.717, 1.165) is 42.4 Å². The highest BCUT2D eigenvalue weighted by Gasteiger charge is 2.23. The van der Waals surface area contributed by atoms with E-state index in [9.17, 15) is 0 Å². The molecule has 1 N–H and O–H groups in total. The van der Waals surface area contributed by atoms with E-state index in [1.807, 2.05) is 12.1 Å². The summed E-state index contributed by atoms with van der Waals surface area (Å²) in [4.78, 5) is 0. The van der Waals surface area contributed by atoms with Crippen LogP contribution in [0.3, 0.4) is 0 Å². The molecule has 0 aromatic heterocycles. The van der Waals surface area contributed by atoms with Gasteiger partial charge in [-0.25, -0.2) is 0 Å². The van der Waals surface area contributed by atoms with E-state index in [0.29, 0.717) is 6.61 Å². The summed E-state index contributed by atoms with van der Waals surface area (Å²) in [6.45, 7) is 8.86. The molecule has 0 radical (unpaired) electrons. The van der Waals surface area contributed by atoms with Crippen molar-refractivity contribution in [2.24, 2.45) is 0 Å². The molecule has 0 amide bonds. The average molecular weight is 293 g/mol. The van der Waals surface area contributed by atoms with Gasteiger partial charge in [-0.15, -0.1) is 0 Å². The van der Waals surface area contributed by atoms with Gasteiger partial charge in [-0.3, -0.25) is 0 Å². The molecule has 0 bridgehead atoms. The molecule has 2 aliphatic rings. The quantitative estimate of drug-likeness (QED) is 0.924. The molecule has 1 unspecified atom stereocenters. The summed E-state index contributed by atoms with van der Waals surface area (Å²) in [7, 11) is 0. The predicted molar refractivity (Wildman–Crippen MR) is 79.0 cm³/mol. The molecule has 5 nitrogen and oxygen atoms in total. The Morgan fingerprint density at radius 3 is 2.67 bits per heavy atom. The van der Waals surface area contributed by atoms with Crippen molar-refractivity contribution in [3.8, 4) is 17.2 Å². The van der Waals surface area contributed by atoms with Crippen molar-refractivity contribution >= 4 is 0 Å². The summed E-state index contributed by atoms with van der Waals surface area (Å²) in [5.41, 5.74) is 1.13. The van der Waals surface area contributed by atoms with Crippen LogP contribution in [0.1, 0.15) is 32.8 Å². The first kappa shape index (κ1) is 14.5. The third-order valence-electron chi connectivity index (χ3n) is 3.55. The molecular formula is C16H23NO4. The third-order valence-corrected chi connectivity index (χ3v) is 3.55. The van der Waals surface area contributed by atoms with Crippen molar-refractivity contribution < 1.29 is 18.9 Å². The number of benzene rings is 1. The maximum Gasteiger partial charge on any atom is 0.231 e. The maximum absolute atomic E-state index is 6.10. The molecule has 1 atom stereocenters. The Balaban J connectivity index is 1.80. The fraction of sp³-hybridized carbons (Fsp3) is 0.625. The summed E-state index contributed by atoms with van der Waals surface area (Å²) in [5.74, 6) is 2.39. The van der Waals surface area contributed by atoms with E-state index in [-0.39, 0.29) is 18.4 Å². The second-order valence-corrected chi connectivity index (χ2v) is 6.52. The number of nitrogens with one attached hydrogen (secondary N) is 1. The topological polar surface area (TPSA) is 49.0 Å². The van der Waals surface area contributed by atoms with Crippen molar-refractivity contribution in [2.45, 2.75) is 45.4 Å². The molecule has 3 rings (SSSR count). The lowest BCUT2D eigenvalue weighted by molar-refractivity contribution is 0.140. The minimum absolute atomic E-state index is 0.0457. The average Bonchev–Trinajstić information content (AvgIpc) is 3.05. The van der Waals surface area contributed by atoms with Crippen molar-refractivity contribution in [2.75, 3.05) is 20.0 Å². The number of hydrogen-bond donors (Lipinski definition) is 1. The molecule has 0 aliphatic carbocycles. The van der Waals surface area contributed by atoms with E-state index in [1.165, 1.54) is 0 Å². The Kier molecular flexibility index (Phi) is 3.95. The Hall–Kier alpha value is -1.46. The van der Waals surface area contributed by atoms with Gasteiger partial charge in [0.1, 0.15) is 11.9 Å². The minimum atomic E-state index is 0.0457. The van der Waals surface area contributed by atoms with Gasteiger partial charge in [-0.1, -0.05) is 0 Å². The second-order valence-electron chi connectivity index (χ2n) is 6.52. The van der Waals surface area contributed by atoms with Crippen LogP contribution < -0.4 is 19.5 Å². The zero-order chi connectivity index (χ0) is 14.9. The van der Waals surface area contributed by atoms with Gasteiger partial charge in [0, 0.05) is 30.1 Å². The molecule has 0 spiro atoms. The first-order valence-electron chi connectivity index (χ1n) is 7.43. The zero-order valence-electron chi connectivity index (χ0n) is 12.9. The van der Waals surface area contributed by atoms with Crippen LogP contribution in [0.25, 0.3) is 0 Å². The number of hydrogen-bond acceptors (Lipinski definition) is 5. The normalized spacial score (nSPS) is 20.8. The van der Waals surface area contributed by atoms with Crippen LogP contribution in [0.5, 0.6) is 17.2 Å².